The Morgan fingerprint density at radius 3 is 2.50 bits per heavy atom. The lowest BCUT2D eigenvalue weighted by atomic mass is 10.1. The van der Waals surface area contributed by atoms with Gasteiger partial charge in [-0.2, -0.15) is 0 Å². The van der Waals surface area contributed by atoms with Crippen LogP contribution in [0.3, 0.4) is 0 Å². The number of allylic oxidation sites excluding steroid dienone is 1. The van der Waals surface area contributed by atoms with E-state index in [-0.39, 0.29) is 17.3 Å². The summed E-state index contributed by atoms with van der Waals surface area (Å²) in [5, 5.41) is 0. The van der Waals surface area contributed by atoms with Crippen molar-refractivity contribution >= 4 is 5.97 Å². The molecular formula is C12H20O2. The van der Waals surface area contributed by atoms with Crippen molar-refractivity contribution in [2.45, 2.75) is 34.1 Å². The molecule has 1 fully saturated rings. The zero-order chi connectivity index (χ0) is 10.9. The molecule has 0 aromatic heterocycles. The van der Waals surface area contributed by atoms with Crippen LogP contribution in [0.5, 0.6) is 0 Å². The first kappa shape index (κ1) is 11.3. The van der Waals surface area contributed by atoms with Crippen LogP contribution < -0.4 is 0 Å². The third-order valence-corrected chi connectivity index (χ3v) is 3.16. The third kappa shape index (κ3) is 1.99. The maximum absolute atomic E-state index is 11.6. The molecule has 14 heavy (non-hydrogen) atoms. The Balaban J connectivity index is 2.56. The number of carbonyl (C=O) groups is 1. The van der Waals surface area contributed by atoms with Gasteiger partial charge in [-0.1, -0.05) is 19.4 Å². The summed E-state index contributed by atoms with van der Waals surface area (Å²) in [4.78, 5) is 11.6. The normalized spacial score (nSPS) is 28.3. The van der Waals surface area contributed by atoms with Crippen LogP contribution in [-0.4, -0.2) is 12.6 Å². The Kier molecular flexibility index (Phi) is 3.03. The van der Waals surface area contributed by atoms with Crippen LogP contribution in [0.15, 0.2) is 12.2 Å². The number of hydrogen-bond acceptors (Lipinski definition) is 2. The lowest BCUT2D eigenvalue weighted by Crippen LogP contribution is -2.10. The minimum atomic E-state index is -0.0382. The molecule has 1 rings (SSSR count). The fraction of sp³-hybridized carbons (Fsp3) is 0.750. The number of esters is 1. The Morgan fingerprint density at radius 1 is 1.50 bits per heavy atom. The highest BCUT2D eigenvalue weighted by Crippen LogP contribution is 2.61. The van der Waals surface area contributed by atoms with Crippen molar-refractivity contribution < 1.29 is 9.53 Å². The summed E-state index contributed by atoms with van der Waals surface area (Å²) in [6, 6.07) is 0. The van der Waals surface area contributed by atoms with Crippen LogP contribution in [-0.2, 0) is 9.53 Å². The smallest absolute Gasteiger partial charge is 0.309 e. The number of carbonyl (C=O) groups excluding carboxylic acids is 1. The Morgan fingerprint density at radius 2 is 2.07 bits per heavy atom. The molecule has 0 amide bonds. The molecule has 2 unspecified atom stereocenters. The van der Waals surface area contributed by atoms with Crippen molar-refractivity contribution in [3.63, 3.8) is 0 Å². The molecular weight excluding hydrogens is 176 g/mol. The molecule has 1 aliphatic rings. The van der Waals surface area contributed by atoms with Gasteiger partial charge in [-0.05, 0) is 31.6 Å². The van der Waals surface area contributed by atoms with E-state index in [0.717, 1.165) is 12.0 Å². The van der Waals surface area contributed by atoms with Gasteiger partial charge >= 0.3 is 5.97 Å². The molecule has 2 heteroatoms. The van der Waals surface area contributed by atoms with Crippen LogP contribution in [0.4, 0.5) is 0 Å². The van der Waals surface area contributed by atoms with Crippen molar-refractivity contribution in [1.29, 1.82) is 0 Å². The molecule has 2 nitrogen and oxygen atoms in total. The first-order valence-corrected chi connectivity index (χ1v) is 5.22. The fourth-order valence-corrected chi connectivity index (χ4v) is 2.20. The zero-order valence-corrected chi connectivity index (χ0v) is 9.59. The molecule has 1 saturated carbocycles. The highest BCUT2D eigenvalue weighted by Gasteiger charge is 2.61. The predicted molar refractivity (Wildman–Crippen MR) is 56.8 cm³/mol. The van der Waals surface area contributed by atoms with E-state index in [9.17, 15) is 4.79 Å². The molecule has 80 valence electrons. The van der Waals surface area contributed by atoms with Gasteiger partial charge in [-0.15, -0.1) is 6.58 Å². The molecule has 0 aromatic carbocycles. The molecule has 0 bridgehead atoms. The van der Waals surface area contributed by atoms with Crippen LogP contribution in [0, 0.1) is 17.3 Å². The van der Waals surface area contributed by atoms with Crippen LogP contribution in [0.2, 0.25) is 0 Å². The van der Waals surface area contributed by atoms with Gasteiger partial charge < -0.3 is 4.74 Å². The molecule has 0 radical (unpaired) electrons. The maximum atomic E-state index is 11.6. The summed E-state index contributed by atoms with van der Waals surface area (Å²) < 4.78 is 5.04. The summed E-state index contributed by atoms with van der Waals surface area (Å²) in [6.07, 6.45) is 0.941. The van der Waals surface area contributed by atoms with E-state index in [2.05, 4.69) is 20.4 Å². The summed E-state index contributed by atoms with van der Waals surface area (Å²) in [7, 11) is 0. The molecule has 0 heterocycles. The average Bonchev–Trinajstić information content (AvgIpc) is 2.52. The van der Waals surface area contributed by atoms with Gasteiger partial charge in [0.25, 0.3) is 0 Å². The molecule has 1 aliphatic carbocycles. The van der Waals surface area contributed by atoms with E-state index < -0.39 is 0 Å². The largest absolute Gasteiger partial charge is 0.466 e. The SMILES string of the molecule is C=C(C)CC1C(C(=O)OCC)C1(C)C. The fourth-order valence-electron chi connectivity index (χ4n) is 2.20. The van der Waals surface area contributed by atoms with E-state index in [1.807, 2.05) is 13.8 Å². The second kappa shape index (κ2) is 3.76. The number of rotatable bonds is 4. The first-order valence-electron chi connectivity index (χ1n) is 5.22. The van der Waals surface area contributed by atoms with Crippen LogP contribution in [0.25, 0.3) is 0 Å². The van der Waals surface area contributed by atoms with E-state index in [0.29, 0.717) is 12.5 Å². The van der Waals surface area contributed by atoms with Gasteiger partial charge in [0.05, 0.1) is 12.5 Å². The van der Waals surface area contributed by atoms with E-state index >= 15 is 0 Å². The summed E-state index contributed by atoms with van der Waals surface area (Å²) >= 11 is 0. The predicted octanol–water partition coefficient (Wildman–Crippen LogP) is 2.79. The van der Waals surface area contributed by atoms with E-state index in [4.69, 9.17) is 4.74 Å². The molecule has 0 aromatic rings. The molecule has 0 saturated heterocycles. The minimum absolute atomic E-state index is 0.0382. The Hall–Kier alpha value is -0.790. The van der Waals surface area contributed by atoms with Crippen LogP contribution >= 0.6 is 0 Å². The van der Waals surface area contributed by atoms with E-state index in [1.165, 1.54) is 0 Å². The average molecular weight is 196 g/mol. The quantitative estimate of drug-likeness (QED) is 0.510. The van der Waals surface area contributed by atoms with Crippen molar-refractivity contribution in [2.24, 2.45) is 17.3 Å². The summed E-state index contributed by atoms with van der Waals surface area (Å²) in [5.41, 5.74) is 1.25. The maximum Gasteiger partial charge on any atom is 0.309 e. The number of ether oxygens (including phenoxy) is 1. The Labute approximate surface area is 86.3 Å². The van der Waals surface area contributed by atoms with Gasteiger partial charge in [0.15, 0.2) is 0 Å². The van der Waals surface area contributed by atoms with Crippen molar-refractivity contribution in [3.05, 3.63) is 12.2 Å². The van der Waals surface area contributed by atoms with Gasteiger partial charge in [-0.3, -0.25) is 4.79 Å². The minimum Gasteiger partial charge on any atom is -0.466 e. The van der Waals surface area contributed by atoms with Gasteiger partial charge in [0.2, 0.25) is 0 Å². The second-order valence-corrected chi connectivity index (χ2v) is 4.82. The van der Waals surface area contributed by atoms with Crippen LogP contribution in [0.1, 0.15) is 34.1 Å². The van der Waals surface area contributed by atoms with E-state index in [1.54, 1.807) is 0 Å². The molecule has 0 N–H and O–H groups in total. The summed E-state index contributed by atoms with van der Waals surface area (Å²) in [6.45, 7) is 12.5. The standard InChI is InChI=1S/C12H20O2/c1-6-14-11(13)10-9(7-8(2)3)12(10,4)5/h9-10H,2,6-7H2,1,3-5H3. The lowest BCUT2D eigenvalue weighted by Gasteiger charge is -2.01. The molecule has 0 aliphatic heterocycles. The van der Waals surface area contributed by atoms with Gasteiger partial charge in [-0.25, -0.2) is 0 Å². The van der Waals surface area contributed by atoms with Crippen molar-refractivity contribution in [2.75, 3.05) is 6.61 Å². The lowest BCUT2D eigenvalue weighted by molar-refractivity contribution is -0.145. The van der Waals surface area contributed by atoms with Gasteiger partial charge in [0.1, 0.15) is 0 Å². The van der Waals surface area contributed by atoms with Crippen molar-refractivity contribution in [1.82, 2.24) is 0 Å². The first-order chi connectivity index (χ1) is 6.41. The monoisotopic (exact) mass is 196 g/mol. The second-order valence-electron chi connectivity index (χ2n) is 4.82. The Bertz CT molecular complexity index is 253. The molecule has 0 spiro atoms. The summed E-state index contributed by atoms with van der Waals surface area (Å²) in [5.74, 6) is 0.474. The van der Waals surface area contributed by atoms with Crippen molar-refractivity contribution in [3.8, 4) is 0 Å². The van der Waals surface area contributed by atoms with Gasteiger partial charge in [0, 0.05) is 0 Å². The third-order valence-electron chi connectivity index (χ3n) is 3.16. The molecule has 2 atom stereocenters. The highest BCUT2D eigenvalue weighted by molar-refractivity contribution is 5.77. The highest BCUT2D eigenvalue weighted by atomic mass is 16.5. The topological polar surface area (TPSA) is 26.3 Å². The number of hydrogen-bond donors (Lipinski definition) is 0. The zero-order valence-electron chi connectivity index (χ0n) is 9.59.